The molecule has 0 heterocycles. The van der Waals surface area contributed by atoms with E-state index in [0.717, 1.165) is 6.54 Å². The predicted molar refractivity (Wildman–Crippen MR) is 81.3 cm³/mol. The van der Waals surface area contributed by atoms with E-state index in [2.05, 4.69) is 64.2 Å². The molecular weight excluding hydrogens is 218 g/mol. The fraction of sp³-hybridized carbons (Fsp3) is 0.647. The zero-order valence-electron chi connectivity index (χ0n) is 12.9. The van der Waals surface area contributed by atoms with Gasteiger partial charge in [0.2, 0.25) is 0 Å². The number of hydrogen-bond donors (Lipinski definition) is 1. The number of rotatable bonds is 6. The molecule has 0 bridgehead atoms. The second-order valence-corrected chi connectivity index (χ2v) is 6.55. The van der Waals surface area contributed by atoms with Gasteiger partial charge in [-0.2, -0.15) is 0 Å². The van der Waals surface area contributed by atoms with E-state index in [9.17, 15) is 0 Å². The second-order valence-electron chi connectivity index (χ2n) is 6.55. The van der Waals surface area contributed by atoms with Crippen LogP contribution < -0.4 is 5.32 Å². The molecular formula is C17H29N. The van der Waals surface area contributed by atoms with Gasteiger partial charge in [0.15, 0.2) is 0 Å². The molecule has 0 aliphatic heterocycles. The Bertz CT molecular complexity index is 360. The number of nitrogens with one attached hydrogen (secondary N) is 1. The molecule has 0 radical (unpaired) electrons. The van der Waals surface area contributed by atoms with Crippen LogP contribution in [0.2, 0.25) is 0 Å². The van der Waals surface area contributed by atoms with Gasteiger partial charge in [-0.3, -0.25) is 0 Å². The van der Waals surface area contributed by atoms with Crippen LogP contribution in [0.25, 0.3) is 0 Å². The van der Waals surface area contributed by atoms with Crippen LogP contribution in [-0.2, 0) is 10.8 Å². The van der Waals surface area contributed by atoms with E-state index in [1.54, 1.807) is 0 Å². The van der Waals surface area contributed by atoms with Crippen molar-refractivity contribution in [2.75, 3.05) is 13.6 Å². The van der Waals surface area contributed by atoms with Crippen LogP contribution in [0.1, 0.15) is 58.6 Å². The maximum absolute atomic E-state index is 3.24. The fourth-order valence-corrected chi connectivity index (χ4v) is 2.16. The summed E-state index contributed by atoms with van der Waals surface area (Å²) >= 11 is 0. The molecule has 0 amide bonds. The third-order valence-electron chi connectivity index (χ3n) is 4.33. The van der Waals surface area contributed by atoms with Crippen molar-refractivity contribution in [3.8, 4) is 0 Å². The first-order valence-corrected chi connectivity index (χ1v) is 7.09. The van der Waals surface area contributed by atoms with E-state index < -0.39 is 0 Å². The summed E-state index contributed by atoms with van der Waals surface area (Å²) in [6.07, 6.45) is 2.34. The molecule has 0 atom stereocenters. The lowest BCUT2D eigenvalue weighted by Gasteiger charge is -2.28. The highest BCUT2D eigenvalue weighted by molar-refractivity contribution is 5.31. The zero-order valence-corrected chi connectivity index (χ0v) is 12.9. The van der Waals surface area contributed by atoms with Crippen molar-refractivity contribution < 1.29 is 0 Å². The summed E-state index contributed by atoms with van der Waals surface area (Å²) in [7, 11) is 2.02. The highest BCUT2D eigenvalue weighted by Gasteiger charge is 2.22. The zero-order chi connectivity index (χ0) is 13.8. The van der Waals surface area contributed by atoms with Gasteiger partial charge in [0.05, 0.1) is 0 Å². The molecule has 0 saturated heterocycles. The van der Waals surface area contributed by atoms with Gasteiger partial charge >= 0.3 is 0 Å². The molecule has 1 aromatic carbocycles. The maximum atomic E-state index is 3.24. The minimum atomic E-state index is 0.248. The van der Waals surface area contributed by atoms with Gasteiger partial charge in [0.1, 0.15) is 0 Å². The first-order valence-electron chi connectivity index (χ1n) is 7.09. The van der Waals surface area contributed by atoms with Gasteiger partial charge in [-0.25, -0.2) is 0 Å². The molecule has 0 spiro atoms. The van der Waals surface area contributed by atoms with Crippen molar-refractivity contribution in [1.82, 2.24) is 5.32 Å². The van der Waals surface area contributed by atoms with E-state index in [1.165, 1.54) is 24.0 Å². The van der Waals surface area contributed by atoms with Crippen molar-refractivity contribution in [2.24, 2.45) is 0 Å². The Morgan fingerprint density at radius 3 is 1.72 bits per heavy atom. The van der Waals surface area contributed by atoms with Crippen LogP contribution in [0.5, 0.6) is 0 Å². The predicted octanol–water partition coefficient (Wildman–Crippen LogP) is 4.26. The van der Waals surface area contributed by atoms with E-state index in [0.29, 0.717) is 0 Å². The van der Waals surface area contributed by atoms with Crippen molar-refractivity contribution in [3.63, 3.8) is 0 Å². The molecule has 0 aromatic heterocycles. The van der Waals surface area contributed by atoms with Gasteiger partial charge < -0.3 is 5.32 Å². The summed E-state index contributed by atoms with van der Waals surface area (Å²) in [6, 6.07) is 9.23. The van der Waals surface area contributed by atoms with E-state index in [1.807, 2.05) is 7.05 Å². The molecule has 18 heavy (non-hydrogen) atoms. The normalized spacial score (nSPS) is 12.8. The lowest BCUT2D eigenvalue weighted by molar-refractivity contribution is 0.466. The van der Waals surface area contributed by atoms with Gasteiger partial charge in [-0.1, -0.05) is 58.9 Å². The van der Waals surface area contributed by atoms with E-state index in [-0.39, 0.29) is 10.8 Å². The first-order chi connectivity index (χ1) is 8.33. The summed E-state index contributed by atoms with van der Waals surface area (Å²) in [5.41, 5.74) is 3.41. The van der Waals surface area contributed by atoms with Crippen LogP contribution in [-0.4, -0.2) is 13.6 Å². The minimum absolute atomic E-state index is 0.248. The molecule has 1 nitrogen and oxygen atoms in total. The van der Waals surface area contributed by atoms with E-state index in [4.69, 9.17) is 0 Å². The molecule has 0 fully saturated rings. The highest BCUT2D eigenvalue weighted by Crippen LogP contribution is 2.31. The molecule has 0 aliphatic carbocycles. The third kappa shape index (κ3) is 3.58. The molecule has 0 unspecified atom stereocenters. The fourth-order valence-electron chi connectivity index (χ4n) is 2.16. The molecule has 102 valence electrons. The van der Waals surface area contributed by atoms with Crippen molar-refractivity contribution in [2.45, 2.75) is 58.3 Å². The van der Waals surface area contributed by atoms with E-state index >= 15 is 0 Å². The Labute approximate surface area is 113 Å². The average Bonchev–Trinajstić information content (AvgIpc) is 2.36. The summed E-state index contributed by atoms with van der Waals surface area (Å²) in [5.74, 6) is 0. The van der Waals surface area contributed by atoms with Crippen LogP contribution in [0.4, 0.5) is 0 Å². The maximum Gasteiger partial charge on any atom is -0.00436 e. The number of benzene rings is 1. The highest BCUT2D eigenvalue weighted by atomic mass is 14.8. The van der Waals surface area contributed by atoms with Crippen LogP contribution in [0.15, 0.2) is 24.3 Å². The molecule has 0 saturated carbocycles. The monoisotopic (exact) mass is 247 g/mol. The average molecular weight is 247 g/mol. The van der Waals surface area contributed by atoms with Crippen LogP contribution in [0, 0.1) is 0 Å². The summed E-state index contributed by atoms with van der Waals surface area (Å²) < 4.78 is 0. The topological polar surface area (TPSA) is 12.0 Å². The first kappa shape index (κ1) is 15.2. The Morgan fingerprint density at radius 2 is 1.33 bits per heavy atom. The Morgan fingerprint density at radius 1 is 0.889 bits per heavy atom. The minimum Gasteiger partial charge on any atom is -0.320 e. The molecule has 0 aliphatic rings. The Balaban J connectivity index is 2.89. The lowest BCUT2D eigenvalue weighted by atomic mass is 9.78. The summed E-state index contributed by atoms with van der Waals surface area (Å²) in [4.78, 5) is 0. The molecule has 1 N–H and O–H groups in total. The van der Waals surface area contributed by atoms with Crippen molar-refractivity contribution in [3.05, 3.63) is 35.4 Å². The smallest absolute Gasteiger partial charge is 0.00436 e. The van der Waals surface area contributed by atoms with Gasteiger partial charge in [-0.05, 0) is 48.4 Å². The van der Waals surface area contributed by atoms with Gasteiger partial charge in [0, 0.05) is 0 Å². The third-order valence-corrected chi connectivity index (χ3v) is 4.33. The molecule has 1 rings (SSSR count). The second kappa shape index (κ2) is 5.88. The van der Waals surface area contributed by atoms with Crippen LogP contribution >= 0.6 is 0 Å². The summed E-state index contributed by atoms with van der Waals surface area (Å²) in [5, 5.41) is 3.24. The molecule has 1 aromatic rings. The summed E-state index contributed by atoms with van der Waals surface area (Å²) in [6.45, 7) is 12.6. The van der Waals surface area contributed by atoms with Gasteiger partial charge in [-0.15, -0.1) is 0 Å². The standard InChI is InChI=1S/C17H29N/c1-7-16(2,3)14-8-10-15(11-9-14)17(4,5)12-13-18-6/h8-11,18H,7,12-13H2,1-6H3. The van der Waals surface area contributed by atoms with Crippen LogP contribution in [0.3, 0.4) is 0 Å². The largest absolute Gasteiger partial charge is 0.320 e. The SMILES string of the molecule is CCC(C)(C)c1ccc(C(C)(C)CCNC)cc1. The van der Waals surface area contributed by atoms with Crippen molar-refractivity contribution >= 4 is 0 Å². The quantitative estimate of drug-likeness (QED) is 0.792. The Kier molecular flexibility index (Phi) is 4.98. The number of hydrogen-bond acceptors (Lipinski definition) is 1. The molecule has 1 heteroatoms. The lowest BCUT2D eigenvalue weighted by Crippen LogP contribution is -2.24. The Hall–Kier alpha value is -0.820. The van der Waals surface area contributed by atoms with Gasteiger partial charge in [0.25, 0.3) is 0 Å². The van der Waals surface area contributed by atoms with Crippen molar-refractivity contribution in [1.29, 1.82) is 0 Å².